The molecular weight excluding hydrogens is 275 g/mol. The van der Waals surface area contributed by atoms with Crippen LogP contribution in [0, 0.1) is 6.92 Å². The molecule has 46 valence electrons. The van der Waals surface area contributed by atoms with E-state index in [9.17, 15) is 0 Å². The van der Waals surface area contributed by atoms with Gasteiger partial charge in [-0.1, -0.05) is 6.42 Å². The molecule has 0 aromatic rings. The summed E-state index contributed by atoms with van der Waals surface area (Å²) in [5, 5.41) is 9.16. The van der Waals surface area contributed by atoms with Crippen LogP contribution >= 0.6 is 0 Å². The van der Waals surface area contributed by atoms with Crippen molar-refractivity contribution in [3.8, 4) is 0 Å². The maximum Gasteiger partial charge on any atom is 2.00 e. The largest absolute Gasteiger partial charge is 2.00 e. The fourth-order valence-corrected chi connectivity index (χ4v) is 0.161. The van der Waals surface area contributed by atoms with Crippen molar-refractivity contribution in [1.29, 1.82) is 0 Å². The molecule has 0 spiro atoms. The van der Waals surface area contributed by atoms with Crippen molar-refractivity contribution in [3.63, 3.8) is 0 Å². The molecule has 3 heteroatoms. The summed E-state index contributed by atoms with van der Waals surface area (Å²) in [4.78, 5) is 3.49. The zero-order valence-corrected chi connectivity index (χ0v) is 6.23. The number of rotatable bonds is 3. The van der Waals surface area contributed by atoms with E-state index in [4.69, 9.17) is 5.26 Å². The number of hydrogen-bond donors (Lipinski definition) is 0. The van der Waals surface area contributed by atoms with E-state index < -0.39 is 0 Å². The molecule has 0 aromatic heterocycles. The van der Waals surface area contributed by atoms with Gasteiger partial charge in [-0.15, -0.1) is 0 Å². The van der Waals surface area contributed by atoms with Crippen molar-refractivity contribution in [2.45, 2.75) is 12.8 Å². The molecule has 0 bridgehead atoms. The van der Waals surface area contributed by atoms with Crippen LogP contribution in [0.5, 0.6) is 0 Å². The Bertz CT molecular complexity index is 21.7. The average molecular weight is 283 g/mol. The molecule has 0 saturated carbocycles. The average Bonchev–Trinajstić information content (AvgIpc) is 1.61. The van der Waals surface area contributed by atoms with E-state index in [1.54, 1.807) is 0 Å². The van der Waals surface area contributed by atoms with Gasteiger partial charge in [-0.25, -0.2) is 0 Å². The van der Waals surface area contributed by atoms with Gasteiger partial charge in [0, 0.05) is 6.61 Å². The van der Waals surface area contributed by atoms with Crippen LogP contribution in [0.4, 0.5) is 0 Å². The van der Waals surface area contributed by atoms with Gasteiger partial charge in [0.15, 0.2) is 0 Å². The first-order valence-corrected chi connectivity index (χ1v) is 1.96. The van der Waals surface area contributed by atoms with E-state index >= 15 is 0 Å². The molecule has 0 unspecified atom stereocenters. The van der Waals surface area contributed by atoms with Crippen LogP contribution in [0.25, 0.3) is 0 Å². The van der Waals surface area contributed by atoms with Gasteiger partial charge in [-0.2, -0.15) is 6.42 Å². The zero-order chi connectivity index (χ0) is 4.83. The van der Waals surface area contributed by atoms with E-state index in [0.29, 0.717) is 6.61 Å². The fourth-order valence-electron chi connectivity index (χ4n) is 0.161. The molecule has 0 N–H and O–H groups in total. The predicted molar refractivity (Wildman–Crippen MR) is 20.5 cm³/mol. The van der Waals surface area contributed by atoms with Gasteiger partial charge in [-0.05, 0) is 0 Å². The van der Waals surface area contributed by atoms with E-state index in [2.05, 4.69) is 11.8 Å². The van der Waals surface area contributed by atoms with E-state index in [1.807, 2.05) is 0 Å². The molecule has 0 saturated heterocycles. The topological polar surface area (TPSA) is 32.3 Å². The minimum atomic E-state index is 0. The van der Waals surface area contributed by atoms with Gasteiger partial charge in [0.2, 0.25) is 0 Å². The van der Waals surface area contributed by atoms with Crippen molar-refractivity contribution in [1.82, 2.24) is 0 Å². The van der Waals surface area contributed by atoms with Crippen molar-refractivity contribution < 1.29 is 31.2 Å². The van der Waals surface area contributed by atoms with Crippen LogP contribution in [0.2, 0.25) is 0 Å². The van der Waals surface area contributed by atoms with Gasteiger partial charge in [0.25, 0.3) is 0 Å². The summed E-state index contributed by atoms with van der Waals surface area (Å²) in [6.45, 7) is 3.80. The standard InChI is InChI=1S/C4H9O2.Pt/c1-2-3-4-6-5;/h5H,1-4H2;/q-1;+2/p-1. The first-order chi connectivity index (χ1) is 2.91. The SMILES string of the molecule is [CH2-]CCCO[O-].[Pt+2]. The molecule has 0 radical (unpaired) electrons. The summed E-state index contributed by atoms with van der Waals surface area (Å²) in [5.74, 6) is 0. The van der Waals surface area contributed by atoms with Gasteiger partial charge in [0.1, 0.15) is 0 Å². The molecule has 0 aromatic carbocycles. The van der Waals surface area contributed by atoms with Crippen LogP contribution in [0.1, 0.15) is 12.8 Å². The van der Waals surface area contributed by atoms with E-state index in [0.717, 1.165) is 12.8 Å². The zero-order valence-electron chi connectivity index (χ0n) is 3.96. The summed E-state index contributed by atoms with van der Waals surface area (Å²) in [5.41, 5.74) is 0. The van der Waals surface area contributed by atoms with Crippen LogP contribution in [-0.4, -0.2) is 6.61 Å². The molecule has 0 aliphatic heterocycles. The Morgan fingerprint density at radius 1 is 1.57 bits per heavy atom. The van der Waals surface area contributed by atoms with Crippen LogP contribution in [-0.2, 0) is 26.0 Å². The minimum absolute atomic E-state index is 0. The Hall–Kier alpha value is 0.608. The Balaban J connectivity index is 0. The monoisotopic (exact) mass is 283 g/mol. The second-order valence-corrected chi connectivity index (χ2v) is 1.03. The van der Waals surface area contributed by atoms with Crippen molar-refractivity contribution in [3.05, 3.63) is 6.92 Å². The molecule has 0 atom stereocenters. The summed E-state index contributed by atoms with van der Waals surface area (Å²) < 4.78 is 0. The van der Waals surface area contributed by atoms with Crippen molar-refractivity contribution in [2.24, 2.45) is 0 Å². The third-order valence-electron chi connectivity index (χ3n) is 0.478. The van der Waals surface area contributed by atoms with Crippen molar-refractivity contribution >= 4 is 0 Å². The molecule has 7 heavy (non-hydrogen) atoms. The maximum atomic E-state index is 9.16. The fraction of sp³-hybridized carbons (Fsp3) is 0.750. The minimum Gasteiger partial charge on any atom is -0.723 e. The normalized spacial score (nSPS) is 7.71. The van der Waals surface area contributed by atoms with Gasteiger partial charge in [0.05, 0.1) is 0 Å². The molecule has 0 amide bonds. The third-order valence-corrected chi connectivity index (χ3v) is 0.478. The molecule has 0 aliphatic rings. The van der Waals surface area contributed by atoms with Crippen LogP contribution in [0.3, 0.4) is 0 Å². The van der Waals surface area contributed by atoms with Crippen LogP contribution in [0.15, 0.2) is 0 Å². The summed E-state index contributed by atoms with van der Waals surface area (Å²) in [6, 6.07) is 0. The summed E-state index contributed by atoms with van der Waals surface area (Å²) in [7, 11) is 0. The quantitative estimate of drug-likeness (QED) is 0.313. The van der Waals surface area contributed by atoms with E-state index in [-0.39, 0.29) is 21.1 Å². The molecular formula is C4H8O2Pt. The second kappa shape index (κ2) is 9.79. The van der Waals surface area contributed by atoms with Crippen LogP contribution < -0.4 is 5.26 Å². The molecule has 0 rings (SSSR count). The van der Waals surface area contributed by atoms with Gasteiger partial charge >= 0.3 is 21.1 Å². The maximum absolute atomic E-state index is 9.16. The summed E-state index contributed by atoms with van der Waals surface area (Å²) >= 11 is 0. The summed E-state index contributed by atoms with van der Waals surface area (Å²) in [6.07, 6.45) is 1.55. The molecule has 2 nitrogen and oxygen atoms in total. The molecule has 0 aliphatic carbocycles. The Labute approximate surface area is 58.1 Å². The Kier molecular flexibility index (Phi) is 14.8. The number of unbranched alkanes of at least 4 members (excludes halogenated alkanes) is 1. The van der Waals surface area contributed by atoms with Gasteiger partial charge < -0.3 is 17.1 Å². The second-order valence-electron chi connectivity index (χ2n) is 1.03. The van der Waals surface area contributed by atoms with Gasteiger partial charge in [-0.3, -0.25) is 0 Å². The smallest absolute Gasteiger partial charge is 0.723 e. The van der Waals surface area contributed by atoms with E-state index in [1.165, 1.54) is 0 Å². The van der Waals surface area contributed by atoms with Crippen molar-refractivity contribution in [2.75, 3.05) is 6.61 Å². The third kappa shape index (κ3) is 10.8. The molecule has 0 fully saturated rings. The predicted octanol–water partition coefficient (Wildman–Crippen LogP) is -0.110. The molecule has 0 heterocycles. The first kappa shape index (κ1) is 10.6. The Morgan fingerprint density at radius 3 is 2.29 bits per heavy atom. The number of hydrogen-bond acceptors (Lipinski definition) is 2. The Morgan fingerprint density at radius 2 is 2.14 bits per heavy atom. The first-order valence-electron chi connectivity index (χ1n) is 1.96.